The number of hydrogen-bond donors (Lipinski definition) is 3. The van der Waals surface area contributed by atoms with Crippen LogP contribution in [0.1, 0.15) is 10.4 Å². The minimum Gasteiger partial charge on any atom is -0.478 e. The van der Waals surface area contributed by atoms with Gasteiger partial charge in [0.15, 0.2) is 0 Å². The number of nitrogens with two attached hydrogens (primary N) is 1. The Bertz CT molecular complexity index is 356. The molecule has 0 spiro atoms. The summed E-state index contributed by atoms with van der Waals surface area (Å²) < 4.78 is 0. The second kappa shape index (κ2) is 6.50. The molecule has 0 aliphatic carbocycles. The number of carbonyl (C=O) groups is 1. The van der Waals surface area contributed by atoms with Crippen LogP contribution in [0.15, 0.2) is 12.1 Å². The van der Waals surface area contributed by atoms with Gasteiger partial charge in [0.2, 0.25) is 0 Å². The first-order valence-electron chi connectivity index (χ1n) is 4.00. The highest BCUT2D eigenvalue weighted by atomic mass is 35.5. The summed E-state index contributed by atoms with van der Waals surface area (Å²) in [5.74, 6) is -1.14. The number of carboxylic acids is 1. The van der Waals surface area contributed by atoms with Crippen molar-refractivity contribution < 1.29 is 9.90 Å². The van der Waals surface area contributed by atoms with Crippen molar-refractivity contribution in [2.75, 3.05) is 19.8 Å². The van der Waals surface area contributed by atoms with Gasteiger partial charge in [0.25, 0.3) is 0 Å². The van der Waals surface area contributed by atoms with Crippen molar-refractivity contribution in [3.05, 3.63) is 27.7 Å². The van der Waals surface area contributed by atoms with Crippen molar-refractivity contribution in [3.63, 3.8) is 0 Å². The Kier molecular flexibility index (Phi) is 6.08. The quantitative estimate of drug-likeness (QED) is 0.668. The van der Waals surface area contributed by atoms with E-state index in [1.54, 1.807) is 0 Å². The largest absolute Gasteiger partial charge is 0.478 e. The molecule has 0 aromatic heterocycles. The number of halogens is 2. The van der Waals surface area contributed by atoms with Crippen LogP contribution in [0.25, 0.3) is 0 Å². The van der Waals surface area contributed by atoms with Crippen LogP contribution in [0.4, 0.5) is 5.69 Å². The molecule has 0 saturated heterocycles. The number of aromatic carboxylic acids is 1. The van der Waals surface area contributed by atoms with Gasteiger partial charge in [-0.15, -0.1) is 0 Å². The summed E-state index contributed by atoms with van der Waals surface area (Å²) in [7, 11) is 3.75. The maximum atomic E-state index is 10.5. The Balaban J connectivity index is 0.000000583. The predicted molar refractivity (Wildman–Crippen MR) is 62.8 cm³/mol. The molecule has 0 fully saturated rings. The Morgan fingerprint density at radius 2 is 1.87 bits per heavy atom. The molecular weight excluding hydrogens is 239 g/mol. The van der Waals surface area contributed by atoms with E-state index < -0.39 is 5.97 Å². The van der Waals surface area contributed by atoms with E-state index in [9.17, 15) is 4.79 Å². The fourth-order valence-corrected chi connectivity index (χ4v) is 1.18. The minimum atomic E-state index is -1.14. The zero-order valence-corrected chi connectivity index (χ0v) is 9.86. The molecule has 0 heterocycles. The third-order valence-electron chi connectivity index (χ3n) is 1.30. The second-order valence-electron chi connectivity index (χ2n) is 2.66. The van der Waals surface area contributed by atoms with Crippen LogP contribution in [0.3, 0.4) is 0 Å². The number of hydrogen-bond acceptors (Lipinski definition) is 3. The number of rotatable bonds is 1. The molecule has 6 heteroatoms. The van der Waals surface area contributed by atoms with Gasteiger partial charge in [-0.3, -0.25) is 0 Å². The lowest BCUT2D eigenvalue weighted by Gasteiger charge is -2.02. The topological polar surface area (TPSA) is 75.3 Å². The van der Waals surface area contributed by atoms with Gasteiger partial charge < -0.3 is 16.2 Å². The maximum Gasteiger partial charge on any atom is 0.337 e. The summed E-state index contributed by atoms with van der Waals surface area (Å²) in [6.45, 7) is 0. The lowest BCUT2D eigenvalue weighted by Crippen LogP contribution is -2.00. The Morgan fingerprint density at radius 1 is 1.40 bits per heavy atom. The number of nitrogen functional groups attached to an aromatic ring is 1. The van der Waals surface area contributed by atoms with Gasteiger partial charge in [-0.2, -0.15) is 0 Å². The first kappa shape index (κ1) is 14.0. The molecule has 4 nitrogen and oxygen atoms in total. The molecule has 1 aromatic rings. The van der Waals surface area contributed by atoms with Crippen LogP contribution in [0, 0.1) is 0 Å². The number of carboxylic acid groups (broad SMARTS) is 1. The average Bonchev–Trinajstić information content (AvgIpc) is 2.12. The molecular formula is C9H12Cl2N2O2. The molecule has 0 atom stereocenters. The molecule has 4 N–H and O–H groups in total. The van der Waals surface area contributed by atoms with E-state index in [0.29, 0.717) is 0 Å². The van der Waals surface area contributed by atoms with Gasteiger partial charge in [-0.25, -0.2) is 4.79 Å². The summed E-state index contributed by atoms with van der Waals surface area (Å²) in [6, 6.07) is 2.65. The van der Waals surface area contributed by atoms with E-state index in [1.165, 1.54) is 12.1 Å². The lowest BCUT2D eigenvalue weighted by atomic mass is 10.2. The number of benzene rings is 1. The minimum absolute atomic E-state index is 0.0203. The van der Waals surface area contributed by atoms with E-state index in [-0.39, 0.29) is 21.3 Å². The van der Waals surface area contributed by atoms with E-state index in [4.69, 9.17) is 34.0 Å². The molecule has 0 saturated carbocycles. The van der Waals surface area contributed by atoms with Crippen molar-refractivity contribution in [2.45, 2.75) is 0 Å². The van der Waals surface area contributed by atoms with Gasteiger partial charge in [-0.1, -0.05) is 23.2 Å². The van der Waals surface area contributed by atoms with Gasteiger partial charge >= 0.3 is 5.97 Å². The smallest absolute Gasteiger partial charge is 0.337 e. The third kappa shape index (κ3) is 4.38. The summed E-state index contributed by atoms with van der Waals surface area (Å²) >= 11 is 11.2. The van der Waals surface area contributed by atoms with Crippen molar-refractivity contribution in [1.29, 1.82) is 0 Å². The van der Waals surface area contributed by atoms with Gasteiger partial charge in [0.1, 0.15) is 0 Å². The molecule has 0 aliphatic rings. The summed E-state index contributed by atoms with van der Waals surface area (Å²) in [6.07, 6.45) is 0. The van der Waals surface area contributed by atoms with Crippen molar-refractivity contribution >= 4 is 34.9 Å². The van der Waals surface area contributed by atoms with Crippen LogP contribution in [0.2, 0.25) is 10.0 Å². The molecule has 1 aromatic carbocycles. The SMILES string of the molecule is CNC.Nc1cc(Cl)cc(C(=O)O)c1Cl. The first-order chi connectivity index (χ1) is 6.93. The molecule has 0 amide bonds. The number of nitrogens with one attached hydrogen (secondary N) is 1. The van der Waals surface area contributed by atoms with Crippen molar-refractivity contribution in [2.24, 2.45) is 0 Å². The normalized spacial score (nSPS) is 9.07. The van der Waals surface area contributed by atoms with Crippen LogP contribution in [-0.4, -0.2) is 25.2 Å². The highest BCUT2D eigenvalue weighted by Crippen LogP contribution is 2.27. The molecule has 1 rings (SSSR count). The molecule has 15 heavy (non-hydrogen) atoms. The van der Waals surface area contributed by atoms with E-state index in [1.807, 2.05) is 14.1 Å². The standard InChI is InChI=1S/C7H5Cl2NO2.C2H7N/c8-3-1-4(7(11)12)6(9)5(10)2-3;1-3-2/h1-2H,10H2,(H,11,12);3H,1-2H3. The zero-order valence-electron chi connectivity index (χ0n) is 8.34. The maximum absolute atomic E-state index is 10.5. The average molecular weight is 251 g/mol. The lowest BCUT2D eigenvalue weighted by molar-refractivity contribution is 0.0697. The highest BCUT2D eigenvalue weighted by molar-refractivity contribution is 6.37. The van der Waals surface area contributed by atoms with Crippen LogP contribution < -0.4 is 11.1 Å². The molecule has 0 aliphatic heterocycles. The Labute approximate surface area is 98.0 Å². The summed E-state index contributed by atoms with van der Waals surface area (Å²) in [5, 5.41) is 11.6. The van der Waals surface area contributed by atoms with E-state index in [2.05, 4.69) is 5.32 Å². The van der Waals surface area contributed by atoms with Crippen LogP contribution >= 0.6 is 23.2 Å². The monoisotopic (exact) mass is 250 g/mol. The van der Waals surface area contributed by atoms with E-state index in [0.717, 1.165) is 0 Å². The first-order valence-corrected chi connectivity index (χ1v) is 4.76. The zero-order chi connectivity index (χ0) is 12.0. The van der Waals surface area contributed by atoms with Crippen molar-refractivity contribution in [3.8, 4) is 0 Å². The van der Waals surface area contributed by atoms with Gasteiger partial charge in [0.05, 0.1) is 16.3 Å². The second-order valence-corrected chi connectivity index (χ2v) is 3.48. The fourth-order valence-electron chi connectivity index (χ4n) is 0.766. The third-order valence-corrected chi connectivity index (χ3v) is 1.94. The van der Waals surface area contributed by atoms with Crippen LogP contribution in [0.5, 0.6) is 0 Å². The molecule has 0 radical (unpaired) electrons. The highest BCUT2D eigenvalue weighted by Gasteiger charge is 2.11. The summed E-state index contributed by atoms with van der Waals surface area (Å²) in [5.41, 5.74) is 5.47. The molecule has 0 unspecified atom stereocenters. The fraction of sp³-hybridized carbons (Fsp3) is 0.222. The van der Waals surface area contributed by atoms with Crippen LogP contribution in [-0.2, 0) is 0 Å². The number of anilines is 1. The Morgan fingerprint density at radius 3 is 2.27 bits per heavy atom. The Hall–Kier alpha value is -0.970. The predicted octanol–water partition coefficient (Wildman–Crippen LogP) is 2.11. The summed E-state index contributed by atoms with van der Waals surface area (Å²) in [4.78, 5) is 10.5. The molecule has 84 valence electrons. The van der Waals surface area contributed by atoms with E-state index >= 15 is 0 Å². The molecule has 0 bridgehead atoms. The van der Waals surface area contributed by atoms with Gasteiger partial charge in [-0.05, 0) is 26.2 Å². The van der Waals surface area contributed by atoms with Crippen molar-refractivity contribution in [1.82, 2.24) is 5.32 Å². The van der Waals surface area contributed by atoms with Gasteiger partial charge in [0, 0.05) is 5.02 Å².